The predicted octanol–water partition coefficient (Wildman–Crippen LogP) is 5.68. The lowest BCUT2D eigenvalue weighted by molar-refractivity contribution is -0.142. The van der Waals surface area contributed by atoms with Crippen molar-refractivity contribution in [3.63, 3.8) is 0 Å². The van der Waals surface area contributed by atoms with E-state index in [-0.39, 0.29) is 46.5 Å². The summed E-state index contributed by atoms with van der Waals surface area (Å²) in [5.74, 6) is -3.19. The van der Waals surface area contributed by atoms with E-state index < -0.39 is 43.8 Å². The molecule has 0 radical (unpaired) electrons. The Morgan fingerprint density at radius 2 is 1.83 bits per heavy atom. The Labute approximate surface area is 235 Å². The Balaban J connectivity index is 1.76. The van der Waals surface area contributed by atoms with Crippen LogP contribution < -0.4 is 5.32 Å². The van der Waals surface area contributed by atoms with E-state index in [9.17, 15) is 18.0 Å². The first-order chi connectivity index (χ1) is 19.3. The van der Waals surface area contributed by atoms with Gasteiger partial charge in [0.25, 0.3) is 15.9 Å². The second-order valence-corrected chi connectivity index (χ2v) is 12.3. The SMILES string of the molecule is CCOC(=O)Cc1ccccc1NC(=O)c1cc(-c2ccnc(C=NS(=O)(=O)C(C)(C)C)c2F)c2occc2c1F. The van der Waals surface area contributed by atoms with E-state index in [0.29, 0.717) is 5.56 Å². The van der Waals surface area contributed by atoms with Crippen molar-refractivity contribution < 1.29 is 35.9 Å². The number of esters is 1. The van der Waals surface area contributed by atoms with E-state index in [1.807, 2.05) is 0 Å². The number of benzene rings is 2. The molecule has 1 N–H and O–H groups in total. The number of anilines is 1. The van der Waals surface area contributed by atoms with Gasteiger partial charge in [-0.15, -0.1) is 0 Å². The fourth-order valence-corrected chi connectivity index (χ4v) is 4.42. The van der Waals surface area contributed by atoms with Crippen LogP contribution in [0.15, 0.2) is 63.7 Å². The largest absolute Gasteiger partial charge is 0.466 e. The summed E-state index contributed by atoms with van der Waals surface area (Å²) < 4.78 is 68.7. The lowest BCUT2D eigenvalue weighted by Gasteiger charge is -2.14. The van der Waals surface area contributed by atoms with Crippen molar-refractivity contribution in [3.05, 3.63) is 83.4 Å². The Morgan fingerprint density at radius 1 is 1.10 bits per heavy atom. The first-order valence-corrected chi connectivity index (χ1v) is 14.0. The van der Waals surface area contributed by atoms with Gasteiger partial charge in [-0.1, -0.05) is 18.2 Å². The van der Waals surface area contributed by atoms with E-state index in [0.717, 1.165) is 12.3 Å². The fourth-order valence-electron chi connectivity index (χ4n) is 3.86. The maximum atomic E-state index is 15.7. The van der Waals surface area contributed by atoms with Gasteiger partial charge in [0.2, 0.25) is 0 Å². The second kappa shape index (κ2) is 11.6. The molecule has 0 unspecified atom stereocenters. The first-order valence-electron chi connectivity index (χ1n) is 12.5. The molecule has 12 heteroatoms. The molecule has 0 fully saturated rings. The second-order valence-electron chi connectivity index (χ2n) is 9.92. The summed E-state index contributed by atoms with van der Waals surface area (Å²) in [6, 6.07) is 10.2. The zero-order valence-electron chi connectivity index (χ0n) is 22.7. The average molecular weight is 584 g/mol. The first kappa shape index (κ1) is 29.5. The van der Waals surface area contributed by atoms with E-state index in [4.69, 9.17) is 9.15 Å². The number of para-hydroxylation sites is 1. The van der Waals surface area contributed by atoms with E-state index >= 15 is 8.78 Å². The molecule has 0 aliphatic rings. The number of nitrogens with one attached hydrogen (secondary N) is 1. The summed E-state index contributed by atoms with van der Waals surface area (Å²) in [4.78, 5) is 29.2. The van der Waals surface area contributed by atoms with Crippen LogP contribution in [0.4, 0.5) is 14.5 Å². The monoisotopic (exact) mass is 583 g/mol. The van der Waals surface area contributed by atoms with Gasteiger partial charge in [0.05, 0.1) is 41.2 Å². The number of carbonyl (C=O) groups excluding carboxylic acids is 2. The third-order valence-corrected chi connectivity index (χ3v) is 8.05. The molecule has 214 valence electrons. The number of halogens is 2. The molecule has 0 bridgehead atoms. The summed E-state index contributed by atoms with van der Waals surface area (Å²) >= 11 is 0. The minimum absolute atomic E-state index is 0.0305. The molecule has 4 aromatic rings. The molecule has 2 aromatic carbocycles. The Hall–Kier alpha value is -4.45. The zero-order valence-corrected chi connectivity index (χ0v) is 23.5. The van der Waals surface area contributed by atoms with Gasteiger partial charge in [0, 0.05) is 23.0 Å². The van der Waals surface area contributed by atoms with Crippen LogP contribution in [-0.4, -0.2) is 42.8 Å². The molecule has 0 saturated heterocycles. The Bertz CT molecular complexity index is 1780. The number of fused-ring (bicyclic) bond motifs is 1. The van der Waals surface area contributed by atoms with Crippen LogP contribution in [0.5, 0.6) is 0 Å². The number of ether oxygens (including phenoxy) is 1. The molecular formula is C29H27F2N3O6S. The van der Waals surface area contributed by atoms with Crippen LogP contribution >= 0.6 is 0 Å². The molecule has 9 nitrogen and oxygen atoms in total. The number of rotatable bonds is 8. The minimum atomic E-state index is -3.97. The number of amides is 1. The van der Waals surface area contributed by atoms with E-state index in [2.05, 4.69) is 14.7 Å². The minimum Gasteiger partial charge on any atom is -0.466 e. The number of nitrogens with zero attached hydrogens (tertiary/aromatic N) is 2. The van der Waals surface area contributed by atoms with Gasteiger partial charge in [-0.25, -0.2) is 17.2 Å². The van der Waals surface area contributed by atoms with E-state index in [1.54, 1.807) is 31.2 Å². The molecule has 0 spiro atoms. The molecule has 1 amide bonds. The normalized spacial score (nSPS) is 12.1. The summed E-state index contributed by atoms with van der Waals surface area (Å²) in [7, 11) is -3.97. The van der Waals surface area contributed by atoms with Crippen LogP contribution in [0, 0.1) is 11.6 Å². The number of hydrogen-bond donors (Lipinski definition) is 1. The van der Waals surface area contributed by atoms with Gasteiger partial charge in [-0.2, -0.15) is 4.40 Å². The van der Waals surface area contributed by atoms with Crippen molar-refractivity contribution in [2.45, 2.75) is 38.9 Å². The number of sulfonamides is 1. The van der Waals surface area contributed by atoms with Gasteiger partial charge < -0.3 is 14.5 Å². The summed E-state index contributed by atoms with van der Waals surface area (Å²) in [5.41, 5.74) is -0.182. The lowest BCUT2D eigenvalue weighted by atomic mass is 9.98. The maximum Gasteiger partial charge on any atom is 0.310 e. The van der Waals surface area contributed by atoms with Gasteiger partial charge in [-0.05, 0) is 57.5 Å². The Morgan fingerprint density at radius 3 is 2.54 bits per heavy atom. The number of aromatic nitrogens is 1. The topological polar surface area (TPSA) is 128 Å². The summed E-state index contributed by atoms with van der Waals surface area (Å²) in [5, 5.41) is 2.54. The van der Waals surface area contributed by atoms with E-state index in [1.165, 1.54) is 45.4 Å². The highest BCUT2D eigenvalue weighted by Crippen LogP contribution is 2.35. The van der Waals surface area contributed by atoms with Crippen LogP contribution in [-0.2, 0) is 26.0 Å². The highest BCUT2D eigenvalue weighted by Gasteiger charge is 2.28. The molecule has 4 rings (SSSR count). The highest BCUT2D eigenvalue weighted by molar-refractivity contribution is 7.91. The lowest BCUT2D eigenvalue weighted by Crippen LogP contribution is -2.25. The fraction of sp³-hybridized carbons (Fsp3) is 0.241. The van der Waals surface area contributed by atoms with Crippen LogP contribution in [0.2, 0.25) is 0 Å². The van der Waals surface area contributed by atoms with Crippen LogP contribution in [0.25, 0.3) is 22.1 Å². The van der Waals surface area contributed by atoms with Crippen molar-refractivity contribution in [1.29, 1.82) is 0 Å². The van der Waals surface area contributed by atoms with Gasteiger partial charge in [0.15, 0.2) is 5.82 Å². The summed E-state index contributed by atoms with van der Waals surface area (Å²) in [6.45, 7) is 6.22. The van der Waals surface area contributed by atoms with Crippen molar-refractivity contribution in [3.8, 4) is 11.1 Å². The molecule has 0 aliphatic carbocycles. The molecule has 41 heavy (non-hydrogen) atoms. The average Bonchev–Trinajstić information content (AvgIpc) is 3.40. The van der Waals surface area contributed by atoms with Gasteiger partial charge in [0.1, 0.15) is 17.1 Å². The molecule has 0 atom stereocenters. The smallest absolute Gasteiger partial charge is 0.310 e. The van der Waals surface area contributed by atoms with Gasteiger partial charge in [-0.3, -0.25) is 14.6 Å². The standard InChI is InChI=1S/C29H27F2N3O6S/c1-5-39-24(35)14-17-8-6-7-9-22(17)34-28(36)21-15-20(27-19(25(21)30)11-13-40-27)18-10-12-32-23(26(18)31)16-33-41(37,38)29(2,3)4/h6-13,15-16H,5,14H2,1-4H3,(H,34,36). The van der Waals surface area contributed by atoms with Crippen LogP contribution in [0.1, 0.15) is 49.3 Å². The third kappa shape index (κ3) is 6.17. The summed E-state index contributed by atoms with van der Waals surface area (Å²) in [6.07, 6.45) is 3.12. The predicted molar refractivity (Wildman–Crippen MR) is 150 cm³/mol. The van der Waals surface area contributed by atoms with Crippen molar-refractivity contribution in [2.24, 2.45) is 4.40 Å². The van der Waals surface area contributed by atoms with Crippen molar-refractivity contribution in [2.75, 3.05) is 11.9 Å². The highest BCUT2D eigenvalue weighted by atomic mass is 32.2. The zero-order chi connectivity index (χ0) is 29.9. The molecule has 2 aromatic heterocycles. The number of furan rings is 1. The molecule has 2 heterocycles. The molecule has 0 aliphatic heterocycles. The maximum absolute atomic E-state index is 15.7. The number of hydrogen-bond acceptors (Lipinski definition) is 7. The molecule has 0 saturated carbocycles. The van der Waals surface area contributed by atoms with Gasteiger partial charge >= 0.3 is 5.97 Å². The number of carbonyl (C=O) groups is 2. The third-order valence-electron chi connectivity index (χ3n) is 6.12. The van der Waals surface area contributed by atoms with Crippen molar-refractivity contribution >= 4 is 44.8 Å². The quantitative estimate of drug-likeness (QED) is 0.209. The van der Waals surface area contributed by atoms with Crippen molar-refractivity contribution in [1.82, 2.24) is 4.98 Å². The Kier molecular flexibility index (Phi) is 8.34. The molecular weight excluding hydrogens is 556 g/mol. The number of pyridine rings is 1. The van der Waals surface area contributed by atoms with Crippen LogP contribution in [0.3, 0.4) is 0 Å².